The molecule has 0 bridgehead atoms. The fraction of sp³-hybridized carbons (Fsp3) is 0.281. The summed E-state index contributed by atoms with van der Waals surface area (Å²) in [5.74, 6) is 0.416. The van der Waals surface area contributed by atoms with E-state index in [0.29, 0.717) is 10.8 Å². The van der Waals surface area contributed by atoms with E-state index < -0.39 is 0 Å². The Morgan fingerprint density at radius 2 is 1.87 bits per heavy atom. The van der Waals surface area contributed by atoms with Crippen LogP contribution in [0.25, 0.3) is 38.9 Å². The summed E-state index contributed by atoms with van der Waals surface area (Å²) in [5, 5.41) is 3.01. The number of pyridine rings is 1. The van der Waals surface area contributed by atoms with Gasteiger partial charge in [-0.1, -0.05) is 57.2 Å². The van der Waals surface area contributed by atoms with E-state index in [2.05, 4.69) is 46.7 Å². The molecule has 1 fully saturated rings. The minimum absolute atomic E-state index is 0.0618. The average Bonchev–Trinajstić information content (AvgIpc) is 3.59. The largest absolute Gasteiger partial charge is 0.458 e. The Hall–Kier alpha value is -3.77. The number of ether oxygens (including phenoxy) is 1. The topological polar surface area (TPSA) is 67.9 Å². The Morgan fingerprint density at radius 3 is 2.61 bits per heavy atom. The number of imidazole rings is 1. The standard InChI is InChI=1S/C30H29N3O2S.C2H6/c1-18(2)6-5-7-20(4)28-29(33-17-32-28)21-8-9-26-22(12-21)13-23(15-31-26)24-14-27(36-16-24)30(34)35-25-10-19(3)11-25;1-2/h5-9,12-17,19,25H,1,10-11H2,2-4H3,(H,32,33);1-2H3/b6-5-,20-7+;. The van der Waals surface area contributed by atoms with Gasteiger partial charge in [-0.05, 0) is 73.4 Å². The molecular weight excluding hydrogens is 490 g/mol. The van der Waals surface area contributed by atoms with Gasteiger partial charge in [-0.25, -0.2) is 9.78 Å². The Morgan fingerprint density at radius 1 is 1.11 bits per heavy atom. The van der Waals surface area contributed by atoms with Crippen LogP contribution in [-0.4, -0.2) is 27.0 Å². The van der Waals surface area contributed by atoms with Crippen LogP contribution >= 0.6 is 11.3 Å². The van der Waals surface area contributed by atoms with E-state index in [1.807, 2.05) is 69.6 Å². The van der Waals surface area contributed by atoms with E-state index in [-0.39, 0.29) is 12.1 Å². The molecule has 1 saturated carbocycles. The van der Waals surface area contributed by atoms with Gasteiger partial charge < -0.3 is 9.72 Å². The van der Waals surface area contributed by atoms with Crippen molar-refractivity contribution in [2.45, 2.75) is 53.6 Å². The van der Waals surface area contributed by atoms with Crippen LogP contribution in [0.1, 0.15) is 62.8 Å². The van der Waals surface area contributed by atoms with Crippen molar-refractivity contribution in [2.24, 2.45) is 5.92 Å². The fourth-order valence-corrected chi connectivity index (χ4v) is 5.22. The van der Waals surface area contributed by atoms with Crippen LogP contribution in [0, 0.1) is 5.92 Å². The smallest absolute Gasteiger partial charge is 0.348 e. The van der Waals surface area contributed by atoms with E-state index in [0.717, 1.165) is 63.0 Å². The number of benzene rings is 1. The summed E-state index contributed by atoms with van der Waals surface area (Å²) in [7, 11) is 0. The highest BCUT2D eigenvalue weighted by atomic mass is 32.1. The van der Waals surface area contributed by atoms with E-state index in [4.69, 9.17) is 4.74 Å². The lowest BCUT2D eigenvalue weighted by atomic mass is 9.84. The zero-order valence-electron chi connectivity index (χ0n) is 22.7. The highest BCUT2D eigenvalue weighted by Crippen LogP contribution is 2.33. The van der Waals surface area contributed by atoms with Crippen molar-refractivity contribution in [3.8, 4) is 22.4 Å². The molecule has 4 aromatic rings. The van der Waals surface area contributed by atoms with Gasteiger partial charge in [-0.3, -0.25) is 4.98 Å². The number of esters is 1. The summed E-state index contributed by atoms with van der Waals surface area (Å²) in [6.45, 7) is 14.1. The Balaban J connectivity index is 0.00000164. The first kappa shape index (κ1) is 27.3. The maximum atomic E-state index is 12.5. The monoisotopic (exact) mass is 525 g/mol. The molecule has 1 aromatic carbocycles. The molecule has 0 unspecified atom stereocenters. The number of fused-ring (bicyclic) bond motifs is 1. The lowest BCUT2D eigenvalue weighted by Gasteiger charge is -2.31. The highest BCUT2D eigenvalue weighted by Gasteiger charge is 2.29. The number of aromatic nitrogens is 3. The maximum absolute atomic E-state index is 12.5. The normalized spacial score (nSPS) is 17.1. The second-order valence-corrected chi connectivity index (χ2v) is 10.5. The van der Waals surface area contributed by atoms with E-state index in [1.54, 1.807) is 6.33 Å². The third-order valence-corrected chi connectivity index (χ3v) is 7.36. The minimum atomic E-state index is -0.229. The number of nitrogens with one attached hydrogen (secondary N) is 1. The van der Waals surface area contributed by atoms with Gasteiger partial charge in [0, 0.05) is 22.7 Å². The average molecular weight is 526 g/mol. The molecule has 5 rings (SSSR count). The molecule has 0 saturated heterocycles. The van der Waals surface area contributed by atoms with Crippen molar-refractivity contribution in [3.05, 3.63) is 89.2 Å². The van der Waals surface area contributed by atoms with Gasteiger partial charge in [0.2, 0.25) is 0 Å². The SMILES string of the molecule is C=C(C)/C=C\C=C(/C)c1nc[nH]c1-c1ccc2ncc(-c3csc(C(=O)OC4CC(C)C4)c3)cc2c1.CC. The van der Waals surface area contributed by atoms with Crippen LogP contribution in [0.2, 0.25) is 0 Å². The van der Waals surface area contributed by atoms with Crippen molar-refractivity contribution in [1.82, 2.24) is 15.0 Å². The second kappa shape index (κ2) is 12.2. The number of allylic oxidation sites excluding steroid dienone is 5. The van der Waals surface area contributed by atoms with Gasteiger partial charge >= 0.3 is 5.97 Å². The maximum Gasteiger partial charge on any atom is 0.348 e. The number of H-pyrrole nitrogens is 1. The predicted molar refractivity (Wildman–Crippen MR) is 159 cm³/mol. The molecular formula is C32H35N3O2S. The minimum Gasteiger partial charge on any atom is -0.458 e. The number of carbonyl (C=O) groups is 1. The van der Waals surface area contributed by atoms with Gasteiger partial charge in [0.25, 0.3) is 0 Å². The van der Waals surface area contributed by atoms with Gasteiger partial charge in [-0.15, -0.1) is 11.3 Å². The zero-order valence-corrected chi connectivity index (χ0v) is 23.6. The molecule has 1 aliphatic rings. The first-order valence-electron chi connectivity index (χ1n) is 13.1. The summed E-state index contributed by atoms with van der Waals surface area (Å²) in [4.78, 5) is 25.7. The van der Waals surface area contributed by atoms with Crippen molar-refractivity contribution in [1.29, 1.82) is 0 Å². The quantitative estimate of drug-likeness (QED) is 0.193. The number of nitrogens with zero attached hydrogens (tertiary/aromatic N) is 2. The number of hydrogen-bond acceptors (Lipinski definition) is 5. The Kier molecular flexibility index (Phi) is 8.74. The molecule has 6 heteroatoms. The molecule has 0 aliphatic heterocycles. The molecule has 38 heavy (non-hydrogen) atoms. The number of aromatic amines is 1. The molecule has 0 atom stereocenters. The van der Waals surface area contributed by atoms with E-state index >= 15 is 0 Å². The summed E-state index contributed by atoms with van der Waals surface area (Å²) in [6, 6.07) is 10.2. The van der Waals surface area contributed by atoms with Crippen LogP contribution < -0.4 is 0 Å². The van der Waals surface area contributed by atoms with Crippen LogP contribution in [0.4, 0.5) is 0 Å². The molecule has 0 spiro atoms. The van der Waals surface area contributed by atoms with Crippen molar-refractivity contribution < 1.29 is 9.53 Å². The number of hydrogen-bond donors (Lipinski definition) is 1. The predicted octanol–water partition coefficient (Wildman–Crippen LogP) is 8.87. The number of rotatable bonds is 7. The zero-order chi connectivity index (χ0) is 27.2. The lowest BCUT2D eigenvalue weighted by molar-refractivity contribution is -0.00684. The van der Waals surface area contributed by atoms with Gasteiger partial charge in [-0.2, -0.15) is 0 Å². The van der Waals surface area contributed by atoms with E-state index in [1.165, 1.54) is 11.3 Å². The summed E-state index contributed by atoms with van der Waals surface area (Å²) >= 11 is 1.42. The summed E-state index contributed by atoms with van der Waals surface area (Å²) < 4.78 is 5.62. The number of carbonyl (C=O) groups excluding carboxylic acids is 1. The third kappa shape index (κ3) is 6.20. The van der Waals surface area contributed by atoms with Crippen LogP contribution in [-0.2, 0) is 4.74 Å². The van der Waals surface area contributed by atoms with Crippen molar-refractivity contribution in [2.75, 3.05) is 0 Å². The van der Waals surface area contributed by atoms with Crippen LogP contribution in [0.5, 0.6) is 0 Å². The van der Waals surface area contributed by atoms with Crippen LogP contribution in [0.15, 0.2) is 78.6 Å². The highest BCUT2D eigenvalue weighted by molar-refractivity contribution is 7.12. The second-order valence-electron chi connectivity index (χ2n) is 9.62. The third-order valence-electron chi connectivity index (χ3n) is 6.45. The fourth-order valence-electron chi connectivity index (χ4n) is 4.42. The van der Waals surface area contributed by atoms with Gasteiger partial charge in [0.05, 0.1) is 23.2 Å². The molecule has 0 radical (unpaired) electrons. The lowest BCUT2D eigenvalue weighted by Crippen LogP contribution is -2.31. The van der Waals surface area contributed by atoms with Crippen molar-refractivity contribution in [3.63, 3.8) is 0 Å². The Labute approximate surface area is 229 Å². The molecule has 5 nitrogen and oxygen atoms in total. The van der Waals surface area contributed by atoms with Crippen LogP contribution in [0.3, 0.4) is 0 Å². The Bertz CT molecular complexity index is 1500. The van der Waals surface area contributed by atoms with Crippen molar-refractivity contribution >= 4 is 33.8 Å². The molecule has 1 N–H and O–H groups in total. The van der Waals surface area contributed by atoms with Gasteiger partial charge in [0.1, 0.15) is 11.0 Å². The first-order chi connectivity index (χ1) is 18.4. The first-order valence-corrected chi connectivity index (χ1v) is 14.0. The summed E-state index contributed by atoms with van der Waals surface area (Å²) in [6.07, 6.45) is 11.6. The van der Waals surface area contributed by atoms with E-state index in [9.17, 15) is 4.79 Å². The summed E-state index contributed by atoms with van der Waals surface area (Å²) in [5.41, 5.74) is 7.82. The molecule has 3 heterocycles. The molecule has 0 amide bonds. The molecule has 1 aliphatic carbocycles. The van der Waals surface area contributed by atoms with Gasteiger partial charge in [0.15, 0.2) is 0 Å². The molecule has 196 valence electrons. The molecule has 3 aromatic heterocycles. The number of thiophene rings is 1.